The van der Waals surface area contributed by atoms with Crippen molar-refractivity contribution < 1.29 is 4.79 Å². The van der Waals surface area contributed by atoms with E-state index in [1.165, 1.54) is 11.3 Å². The summed E-state index contributed by atoms with van der Waals surface area (Å²) in [5.41, 5.74) is 1.65. The number of hydrogen-bond acceptors (Lipinski definition) is 3. The molecule has 0 N–H and O–H groups in total. The van der Waals surface area contributed by atoms with E-state index in [9.17, 15) is 9.59 Å². The van der Waals surface area contributed by atoms with Crippen molar-refractivity contribution in [1.82, 2.24) is 4.57 Å². The Morgan fingerprint density at radius 1 is 1.04 bits per heavy atom. The summed E-state index contributed by atoms with van der Waals surface area (Å²) in [5.74, 6) is 0.398. The van der Waals surface area contributed by atoms with Gasteiger partial charge in [-0.1, -0.05) is 59.3 Å². The number of para-hydroxylation sites is 1. The lowest BCUT2D eigenvalue weighted by atomic mass is 9.90. The Labute approximate surface area is 153 Å². The minimum Gasteiger partial charge on any atom is -0.288 e. The first-order valence-corrected chi connectivity index (χ1v) is 9.09. The predicted molar refractivity (Wildman–Crippen MR) is 101 cm³/mol. The number of aromatic nitrogens is 1. The van der Waals surface area contributed by atoms with Crippen LogP contribution in [0.3, 0.4) is 0 Å². The van der Waals surface area contributed by atoms with E-state index in [0.29, 0.717) is 10.8 Å². The molecule has 1 aliphatic heterocycles. The van der Waals surface area contributed by atoms with Gasteiger partial charge in [0.2, 0.25) is 5.91 Å². The summed E-state index contributed by atoms with van der Waals surface area (Å²) in [4.78, 5) is 27.8. The van der Waals surface area contributed by atoms with Crippen molar-refractivity contribution in [2.45, 2.75) is 12.3 Å². The van der Waals surface area contributed by atoms with Crippen LogP contribution < -0.4 is 9.77 Å². The summed E-state index contributed by atoms with van der Waals surface area (Å²) in [6.45, 7) is 0. The van der Waals surface area contributed by atoms with Gasteiger partial charge in [-0.2, -0.15) is 0 Å². The van der Waals surface area contributed by atoms with Gasteiger partial charge in [-0.25, -0.2) is 0 Å². The van der Waals surface area contributed by atoms with E-state index >= 15 is 0 Å². The smallest absolute Gasteiger partial charge is 0.288 e. The van der Waals surface area contributed by atoms with E-state index in [-0.39, 0.29) is 23.1 Å². The Kier molecular flexibility index (Phi) is 3.98. The monoisotopic (exact) mass is 370 g/mol. The Bertz CT molecular complexity index is 1010. The molecule has 0 saturated carbocycles. The van der Waals surface area contributed by atoms with Gasteiger partial charge in [0, 0.05) is 24.4 Å². The number of benzene rings is 2. The average Bonchev–Trinajstić information content (AvgIpc) is 2.91. The molecule has 0 saturated heterocycles. The lowest BCUT2D eigenvalue weighted by molar-refractivity contribution is -0.118. The first-order chi connectivity index (χ1) is 12.1. The molecule has 1 atom stereocenters. The van der Waals surface area contributed by atoms with Crippen molar-refractivity contribution in [3.05, 3.63) is 79.7 Å². The van der Waals surface area contributed by atoms with Crippen LogP contribution in [-0.4, -0.2) is 10.5 Å². The number of rotatable bonds is 2. The molecular weight excluding hydrogens is 356 g/mol. The summed E-state index contributed by atoms with van der Waals surface area (Å²) in [6.07, 6.45) is 0.283. The molecule has 0 fully saturated rings. The molecule has 126 valence electrons. The Morgan fingerprint density at radius 3 is 2.44 bits per heavy atom. The molecular formula is C19H15ClN2O2S. The number of thiazole rings is 1. The molecule has 6 heteroatoms. The molecule has 0 radical (unpaired) electrons. The zero-order valence-corrected chi connectivity index (χ0v) is 15.1. The highest BCUT2D eigenvalue weighted by Gasteiger charge is 2.37. The van der Waals surface area contributed by atoms with E-state index in [1.807, 2.05) is 54.6 Å². The largest absolute Gasteiger partial charge is 0.308 e. The molecule has 25 heavy (non-hydrogen) atoms. The van der Waals surface area contributed by atoms with Gasteiger partial charge < -0.3 is 0 Å². The molecule has 0 bridgehead atoms. The lowest BCUT2D eigenvalue weighted by Crippen LogP contribution is -2.34. The highest BCUT2D eigenvalue weighted by Crippen LogP contribution is 2.45. The molecule has 0 unspecified atom stereocenters. The van der Waals surface area contributed by atoms with Crippen LogP contribution in [0.1, 0.15) is 22.8 Å². The Hall–Kier alpha value is -2.37. The number of hydrogen-bond donors (Lipinski definition) is 0. The SMILES string of the molecule is Cn1c2c(sc1=O)[C@H](c1ccccc1Cl)CC(=O)N2c1ccccc1. The summed E-state index contributed by atoms with van der Waals surface area (Å²) < 4.78 is 1.55. The topological polar surface area (TPSA) is 42.3 Å². The lowest BCUT2D eigenvalue weighted by Gasteiger charge is -2.32. The number of halogens is 1. The maximum absolute atomic E-state index is 13.0. The van der Waals surface area contributed by atoms with E-state index in [0.717, 1.165) is 16.1 Å². The second kappa shape index (κ2) is 6.17. The maximum Gasteiger partial charge on any atom is 0.308 e. The molecule has 1 aromatic heterocycles. The van der Waals surface area contributed by atoms with E-state index in [4.69, 9.17) is 11.6 Å². The molecule has 1 amide bonds. The maximum atomic E-state index is 13.0. The highest BCUT2D eigenvalue weighted by molar-refractivity contribution is 7.10. The molecule has 2 heterocycles. The molecule has 2 aromatic carbocycles. The van der Waals surface area contributed by atoms with Crippen molar-refractivity contribution in [2.24, 2.45) is 7.05 Å². The fraction of sp³-hybridized carbons (Fsp3) is 0.158. The third-order valence-corrected chi connectivity index (χ3v) is 5.94. The number of carbonyl (C=O) groups excluding carboxylic acids is 1. The van der Waals surface area contributed by atoms with Crippen LogP contribution in [-0.2, 0) is 11.8 Å². The number of fused-ring (bicyclic) bond motifs is 1. The fourth-order valence-corrected chi connectivity index (χ4v) is 4.63. The predicted octanol–water partition coefficient (Wildman–Crippen LogP) is 4.30. The van der Waals surface area contributed by atoms with Crippen LogP contribution in [0.25, 0.3) is 0 Å². The minimum atomic E-state index is -0.199. The van der Waals surface area contributed by atoms with Gasteiger partial charge in [-0.3, -0.25) is 19.1 Å². The van der Waals surface area contributed by atoms with Crippen molar-refractivity contribution in [3.8, 4) is 0 Å². The van der Waals surface area contributed by atoms with Crippen LogP contribution >= 0.6 is 22.9 Å². The Balaban J connectivity index is 1.94. The van der Waals surface area contributed by atoms with Gasteiger partial charge in [0.1, 0.15) is 5.82 Å². The van der Waals surface area contributed by atoms with Crippen LogP contribution in [0.15, 0.2) is 59.4 Å². The van der Waals surface area contributed by atoms with Crippen LogP contribution in [0.5, 0.6) is 0 Å². The minimum absolute atomic E-state index is 0.0444. The quantitative estimate of drug-likeness (QED) is 0.675. The van der Waals surface area contributed by atoms with Gasteiger partial charge in [0.15, 0.2) is 0 Å². The molecule has 4 rings (SSSR count). The van der Waals surface area contributed by atoms with Crippen LogP contribution in [0.2, 0.25) is 5.02 Å². The van der Waals surface area contributed by atoms with E-state index in [1.54, 1.807) is 16.5 Å². The third kappa shape index (κ3) is 2.60. The highest BCUT2D eigenvalue weighted by atomic mass is 35.5. The first kappa shape index (κ1) is 16.1. The Morgan fingerprint density at radius 2 is 1.72 bits per heavy atom. The normalized spacial score (nSPS) is 16.8. The summed E-state index contributed by atoms with van der Waals surface area (Å²) in [5, 5.41) is 0.614. The van der Waals surface area contributed by atoms with Gasteiger partial charge in [-0.15, -0.1) is 0 Å². The molecule has 0 spiro atoms. The number of amides is 1. The molecule has 1 aliphatic rings. The number of anilines is 2. The van der Waals surface area contributed by atoms with Gasteiger partial charge in [-0.05, 0) is 23.8 Å². The van der Waals surface area contributed by atoms with E-state index in [2.05, 4.69) is 0 Å². The molecule has 3 aromatic rings. The second-order valence-corrected chi connectivity index (χ2v) is 7.36. The van der Waals surface area contributed by atoms with Crippen molar-refractivity contribution in [1.29, 1.82) is 0 Å². The molecule has 0 aliphatic carbocycles. The van der Waals surface area contributed by atoms with Crippen molar-refractivity contribution >= 4 is 40.4 Å². The fourth-order valence-electron chi connectivity index (χ4n) is 3.28. The summed E-state index contributed by atoms with van der Waals surface area (Å²) >= 11 is 7.55. The van der Waals surface area contributed by atoms with Gasteiger partial charge >= 0.3 is 4.87 Å². The average molecular weight is 371 g/mol. The zero-order valence-electron chi connectivity index (χ0n) is 13.5. The molecule has 4 nitrogen and oxygen atoms in total. The van der Waals surface area contributed by atoms with E-state index < -0.39 is 0 Å². The number of nitrogens with zero attached hydrogens (tertiary/aromatic N) is 2. The standard InChI is InChI=1S/C19H15ClN2O2S/c1-21-18-17(25-19(21)24)14(13-9-5-6-10-15(13)20)11-16(23)22(18)12-7-3-2-4-8-12/h2-10,14H,11H2,1H3/t14-/m0/s1. The second-order valence-electron chi connectivity index (χ2n) is 5.96. The summed E-state index contributed by atoms with van der Waals surface area (Å²) in [6, 6.07) is 16.9. The summed E-state index contributed by atoms with van der Waals surface area (Å²) in [7, 11) is 1.70. The van der Waals surface area contributed by atoms with Crippen molar-refractivity contribution in [3.63, 3.8) is 0 Å². The zero-order chi connectivity index (χ0) is 17.6. The van der Waals surface area contributed by atoms with Crippen LogP contribution in [0.4, 0.5) is 11.5 Å². The van der Waals surface area contributed by atoms with Gasteiger partial charge in [0.05, 0.1) is 10.6 Å². The third-order valence-electron chi connectivity index (χ3n) is 4.46. The first-order valence-electron chi connectivity index (χ1n) is 7.90. The number of carbonyl (C=O) groups is 1. The van der Waals surface area contributed by atoms with Crippen LogP contribution in [0, 0.1) is 0 Å². The van der Waals surface area contributed by atoms with Gasteiger partial charge in [0.25, 0.3) is 0 Å². The van der Waals surface area contributed by atoms with Crippen molar-refractivity contribution in [2.75, 3.05) is 4.90 Å².